The van der Waals surface area contributed by atoms with Gasteiger partial charge in [-0.1, -0.05) is 36.4 Å². The fourth-order valence-electron chi connectivity index (χ4n) is 3.23. The molecule has 0 aliphatic carbocycles. The normalized spacial score (nSPS) is 14.2. The van der Waals surface area contributed by atoms with Crippen LogP contribution in [-0.2, 0) is 6.54 Å². The Morgan fingerprint density at radius 3 is 2.43 bits per heavy atom. The van der Waals surface area contributed by atoms with Gasteiger partial charge in [-0.25, -0.2) is 9.59 Å². The summed E-state index contributed by atoms with van der Waals surface area (Å²) < 4.78 is 5.31. The van der Waals surface area contributed by atoms with Crippen LogP contribution in [0.25, 0.3) is 0 Å². The van der Waals surface area contributed by atoms with Gasteiger partial charge in [0.1, 0.15) is 5.75 Å². The van der Waals surface area contributed by atoms with E-state index in [9.17, 15) is 9.59 Å². The van der Waals surface area contributed by atoms with Crippen molar-refractivity contribution in [2.45, 2.75) is 25.4 Å². The number of likely N-dealkylation sites (tertiary alicyclic amines) is 1. The largest absolute Gasteiger partial charge is 0.496 e. The summed E-state index contributed by atoms with van der Waals surface area (Å²) in [4.78, 5) is 26.3. The van der Waals surface area contributed by atoms with Gasteiger partial charge < -0.3 is 25.6 Å². The number of methoxy groups -OCH3 is 1. The van der Waals surface area contributed by atoms with Crippen molar-refractivity contribution in [3.8, 4) is 5.75 Å². The first-order valence-corrected chi connectivity index (χ1v) is 9.43. The van der Waals surface area contributed by atoms with Crippen molar-refractivity contribution in [3.63, 3.8) is 0 Å². The summed E-state index contributed by atoms with van der Waals surface area (Å²) in [5, 5.41) is 8.73. The van der Waals surface area contributed by atoms with Crippen LogP contribution < -0.4 is 20.7 Å². The van der Waals surface area contributed by atoms with Crippen LogP contribution in [0.1, 0.15) is 18.4 Å². The van der Waals surface area contributed by atoms with Crippen molar-refractivity contribution in [1.82, 2.24) is 15.5 Å². The maximum atomic E-state index is 12.4. The number of piperidine rings is 1. The number of amides is 4. The number of nitrogens with zero attached hydrogens (tertiary/aromatic N) is 1. The molecule has 7 nitrogen and oxygen atoms in total. The van der Waals surface area contributed by atoms with E-state index in [1.807, 2.05) is 54.6 Å². The predicted octanol–water partition coefficient (Wildman–Crippen LogP) is 3.19. The second-order valence-corrected chi connectivity index (χ2v) is 6.70. The molecule has 1 saturated heterocycles. The maximum absolute atomic E-state index is 12.4. The summed E-state index contributed by atoms with van der Waals surface area (Å²) in [5.74, 6) is 0.759. The van der Waals surface area contributed by atoms with E-state index in [0.29, 0.717) is 19.6 Å². The lowest BCUT2D eigenvalue weighted by Crippen LogP contribution is -2.50. The average molecular weight is 382 g/mol. The molecule has 0 spiro atoms. The molecule has 2 aromatic carbocycles. The van der Waals surface area contributed by atoms with Crippen LogP contribution in [-0.4, -0.2) is 43.2 Å². The topological polar surface area (TPSA) is 82.7 Å². The van der Waals surface area contributed by atoms with E-state index in [1.54, 1.807) is 12.0 Å². The van der Waals surface area contributed by atoms with E-state index in [-0.39, 0.29) is 18.1 Å². The maximum Gasteiger partial charge on any atom is 0.319 e. The Bertz CT molecular complexity index is 789. The van der Waals surface area contributed by atoms with E-state index in [0.717, 1.165) is 29.8 Å². The fraction of sp³-hybridized carbons (Fsp3) is 0.333. The number of carbonyl (C=O) groups excluding carboxylic acids is 2. The molecule has 3 rings (SSSR count). The number of carbonyl (C=O) groups is 2. The molecule has 0 aromatic heterocycles. The minimum absolute atomic E-state index is 0.0574. The quantitative estimate of drug-likeness (QED) is 0.743. The summed E-state index contributed by atoms with van der Waals surface area (Å²) in [7, 11) is 1.62. The molecule has 1 aliphatic heterocycles. The number of nitrogens with one attached hydrogen (secondary N) is 3. The first-order chi connectivity index (χ1) is 13.7. The Morgan fingerprint density at radius 1 is 1.04 bits per heavy atom. The van der Waals surface area contributed by atoms with Crippen LogP contribution in [0.4, 0.5) is 15.3 Å². The van der Waals surface area contributed by atoms with Gasteiger partial charge in [-0.2, -0.15) is 0 Å². The summed E-state index contributed by atoms with van der Waals surface area (Å²) >= 11 is 0. The van der Waals surface area contributed by atoms with Crippen molar-refractivity contribution < 1.29 is 14.3 Å². The van der Waals surface area contributed by atoms with Crippen LogP contribution >= 0.6 is 0 Å². The number of benzene rings is 2. The van der Waals surface area contributed by atoms with Crippen LogP contribution in [0.2, 0.25) is 0 Å². The zero-order valence-electron chi connectivity index (χ0n) is 16.0. The number of hydrogen-bond donors (Lipinski definition) is 3. The fourth-order valence-corrected chi connectivity index (χ4v) is 3.23. The molecular weight excluding hydrogens is 356 g/mol. The summed E-state index contributed by atoms with van der Waals surface area (Å²) in [6.45, 7) is 1.63. The standard InChI is InChI=1S/C21H26N4O3/c1-28-19-10-6-5-7-16(19)15-22-21(27)25-13-11-18(12-14-25)24-20(26)23-17-8-3-2-4-9-17/h2-10,18H,11-15H2,1H3,(H,22,27)(H2,23,24,26). The van der Waals surface area contributed by atoms with E-state index < -0.39 is 0 Å². The Hall–Kier alpha value is -3.22. The number of hydrogen-bond acceptors (Lipinski definition) is 3. The van der Waals surface area contributed by atoms with E-state index in [2.05, 4.69) is 16.0 Å². The molecule has 0 radical (unpaired) electrons. The lowest BCUT2D eigenvalue weighted by Gasteiger charge is -2.32. The number of rotatable bonds is 5. The number of para-hydroxylation sites is 2. The first-order valence-electron chi connectivity index (χ1n) is 9.43. The average Bonchev–Trinajstić information content (AvgIpc) is 2.73. The molecule has 2 aromatic rings. The molecule has 1 fully saturated rings. The van der Waals surface area contributed by atoms with Crippen molar-refractivity contribution in [2.75, 3.05) is 25.5 Å². The van der Waals surface area contributed by atoms with Gasteiger partial charge in [0.2, 0.25) is 0 Å². The minimum Gasteiger partial charge on any atom is -0.496 e. The zero-order valence-corrected chi connectivity index (χ0v) is 16.0. The van der Waals surface area contributed by atoms with Crippen LogP contribution in [0, 0.1) is 0 Å². The second kappa shape index (κ2) is 9.64. The van der Waals surface area contributed by atoms with Gasteiger partial charge in [0.25, 0.3) is 0 Å². The summed E-state index contributed by atoms with van der Waals surface area (Å²) in [6.07, 6.45) is 1.45. The third-order valence-corrected chi connectivity index (χ3v) is 4.77. The van der Waals surface area contributed by atoms with Gasteiger partial charge >= 0.3 is 12.1 Å². The van der Waals surface area contributed by atoms with Crippen LogP contribution in [0.5, 0.6) is 5.75 Å². The highest BCUT2D eigenvalue weighted by atomic mass is 16.5. The number of anilines is 1. The van der Waals surface area contributed by atoms with Crippen molar-refractivity contribution >= 4 is 17.7 Å². The predicted molar refractivity (Wildman–Crippen MR) is 108 cm³/mol. The van der Waals surface area contributed by atoms with Gasteiger partial charge in [-0.05, 0) is 31.0 Å². The molecule has 1 aliphatic rings. The Balaban J connectivity index is 1.40. The highest BCUT2D eigenvalue weighted by Crippen LogP contribution is 2.17. The molecule has 3 N–H and O–H groups in total. The van der Waals surface area contributed by atoms with E-state index in [1.165, 1.54) is 0 Å². The van der Waals surface area contributed by atoms with Gasteiger partial charge in [-0.3, -0.25) is 0 Å². The molecule has 0 unspecified atom stereocenters. The molecule has 28 heavy (non-hydrogen) atoms. The third kappa shape index (κ3) is 5.39. The SMILES string of the molecule is COc1ccccc1CNC(=O)N1CCC(NC(=O)Nc2ccccc2)CC1. The lowest BCUT2D eigenvalue weighted by molar-refractivity contribution is 0.176. The van der Waals surface area contributed by atoms with Gasteiger partial charge in [-0.15, -0.1) is 0 Å². The molecule has 7 heteroatoms. The molecule has 148 valence electrons. The van der Waals surface area contributed by atoms with Crippen LogP contribution in [0.3, 0.4) is 0 Å². The minimum atomic E-state index is -0.217. The second-order valence-electron chi connectivity index (χ2n) is 6.70. The molecule has 0 saturated carbocycles. The number of ether oxygens (including phenoxy) is 1. The zero-order chi connectivity index (χ0) is 19.8. The smallest absolute Gasteiger partial charge is 0.319 e. The van der Waals surface area contributed by atoms with E-state index in [4.69, 9.17) is 4.74 Å². The van der Waals surface area contributed by atoms with Crippen molar-refractivity contribution in [1.29, 1.82) is 0 Å². The summed E-state index contributed by atoms with van der Waals surface area (Å²) in [6, 6.07) is 16.7. The molecule has 1 heterocycles. The highest BCUT2D eigenvalue weighted by molar-refractivity contribution is 5.89. The van der Waals surface area contributed by atoms with Gasteiger partial charge in [0.15, 0.2) is 0 Å². The Kier molecular flexibility index (Phi) is 6.73. The Morgan fingerprint density at radius 2 is 1.71 bits per heavy atom. The Labute approximate surface area is 165 Å². The van der Waals surface area contributed by atoms with Crippen molar-refractivity contribution in [2.24, 2.45) is 0 Å². The van der Waals surface area contributed by atoms with Gasteiger partial charge in [0.05, 0.1) is 7.11 Å². The molecular formula is C21H26N4O3. The summed E-state index contributed by atoms with van der Waals surface area (Å²) in [5.41, 5.74) is 1.70. The van der Waals surface area contributed by atoms with Crippen LogP contribution in [0.15, 0.2) is 54.6 Å². The monoisotopic (exact) mass is 382 g/mol. The molecule has 0 atom stereocenters. The molecule has 4 amide bonds. The van der Waals surface area contributed by atoms with Crippen molar-refractivity contribution in [3.05, 3.63) is 60.2 Å². The third-order valence-electron chi connectivity index (χ3n) is 4.77. The first kappa shape index (κ1) is 19.5. The lowest BCUT2D eigenvalue weighted by atomic mass is 10.1. The van der Waals surface area contributed by atoms with Gasteiger partial charge in [0, 0.05) is 36.9 Å². The van der Waals surface area contributed by atoms with E-state index >= 15 is 0 Å². The highest BCUT2D eigenvalue weighted by Gasteiger charge is 2.23. The molecule has 0 bridgehead atoms. The number of urea groups is 2.